The van der Waals surface area contributed by atoms with Gasteiger partial charge in [-0.05, 0) is 39.2 Å². The Kier molecular flexibility index (Phi) is 3.84. The fourth-order valence-corrected chi connectivity index (χ4v) is 4.84. The van der Waals surface area contributed by atoms with Crippen LogP contribution in [0.4, 0.5) is 5.69 Å². The molecule has 1 unspecified atom stereocenters. The van der Waals surface area contributed by atoms with Crippen LogP contribution in [-0.4, -0.2) is 30.2 Å². The van der Waals surface area contributed by atoms with E-state index in [-0.39, 0.29) is 16.6 Å². The van der Waals surface area contributed by atoms with Gasteiger partial charge in [0, 0.05) is 18.2 Å². The Morgan fingerprint density at radius 3 is 2.40 bits per heavy atom. The Labute approximate surface area is 118 Å². The SMILES string of the molecule is Cc1ccc(C)c(S(=O)(=O)N2CCCC2C)c1[N+](=O)[O-]. The number of hydrogen-bond donors (Lipinski definition) is 0. The number of benzene rings is 1. The highest BCUT2D eigenvalue weighted by Crippen LogP contribution is 2.35. The molecule has 2 rings (SSSR count). The third kappa shape index (κ3) is 2.31. The molecule has 0 amide bonds. The predicted molar refractivity (Wildman–Crippen MR) is 75.2 cm³/mol. The van der Waals surface area contributed by atoms with Crippen molar-refractivity contribution in [2.24, 2.45) is 0 Å². The lowest BCUT2D eigenvalue weighted by molar-refractivity contribution is -0.388. The van der Waals surface area contributed by atoms with Crippen molar-refractivity contribution in [1.82, 2.24) is 4.31 Å². The summed E-state index contributed by atoms with van der Waals surface area (Å²) in [7, 11) is -3.83. The zero-order valence-corrected chi connectivity index (χ0v) is 12.6. The maximum absolute atomic E-state index is 12.8. The van der Waals surface area contributed by atoms with Crippen LogP contribution >= 0.6 is 0 Å². The summed E-state index contributed by atoms with van der Waals surface area (Å²) in [6.07, 6.45) is 1.58. The van der Waals surface area contributed by atoms with Gasteiger partial charge in [-0.3, -0.25) is 10.1 Å². The Morgan fingerprint density at radius 1 is 1.30 bits per heavy atom. The molecule has 0 bridgehead atoms. The van der Waals surface area contributed by atoms with Crippen molar-refractivity contribution in [2.45, 2.75) is 44.6 Å². The summed E-state index contributed by atoms with van der Waals surface area (Å²) in [6, 6.07) is 3.09. The van der Waals surface area contributed by atoms with E-state index in [0.29, 0.717) is 17.7 Å². The molecule has 1 aromatic rings. The topological polar surface area (TPSA) is 80.5 Å². The number of nitro benzene ring substituents is 1. The fourth-order valence-electron chi connectivity index (χ4n) is 2.70. The predicted octanol–water partition coefficient (Wildman–Crippen LogP) is 2.38. The molecule has 0 radical (unpaired) electrons. The maximum atomic E-state index is 12.8. The highest BCUT2D eigenvalue weighted by Gasteiger charge is 2.38. The smallest absolute Gasteiger partial charge is 0.258 e. The Balaban J connectivity index is 2.68. The molecule has 6 nitrogen and oxygen atoms in total. The van der Waals surface area contributed by atoms with Gasteiger partial charge in [-0.25, -0.2) is 8.42 Å². The summed E-state index contributed by atoms with van der Waals surface area (Å²) in [5.74, 6) is 0. The van der Waals surface area contributed by atoms with Crippen LogP contribution in [0.15, 0.2) is 17.0 Å². The minimum Gasteiger partial charge on any atom is -0.258 e. The summed E-state index contributed by atoms with van der Waals surface area (Å²) in [5.41, 5.74) is 0.483. The summed E-state index contributed by atoms with van der Waals surface area (Å²) < 4.78 is 26.9. The molecular formula is C13H18N2O4S. The third-order valence-electron chi connectivity index (χ3n) is 3.77. The van der Waals surface area contributed by atoms with E-state index in [9.17, 15) is 18.5 Å². The van der Waals surface area contributed by atoms with Gasteiger partial charge in [0.15, 0.2) is 4.90 Å². The van der Waals surface area contributed by atoms with Crippen LogP contribution in [0.1, 0.15) is 30.9 Å². The first kappa shape index (κ1) is 14.9. The standard InChI is InChI=1S/C13H18N2O4S/c1-9-6-7-10(2)13(12(9)15(16)17)20(18,19)14-8-4-5-11(14)3/h6-7,11H,4-5,8H2,1-3H3. The van der Waals surface area contributed by atoms with E-state index in [1.54, 1.807) is 26.0 Å². The number of hydrogen-bond acceptors (Lipinski definition) is 4. The van der Waals surface area contributed by atoms with Crippen LogP contribution in [0.2, 0.25) is 0 Å². The van der Waals surface area contributed by atoms with Gasteiger partial charge in [0.25, 0.3) is 5.69 Å². The van der Waals surface area contributed by atoms with E-state index in [1.165, 1.54) is 4.31 Å². The minimum atomic E-state index is -3.83. The molecule has 0 aromatic heterocycles. The van der Waals surface area contributed by atoms with Crippen LogP contribution < -0.4 is 0 Å². The van der Waals surface area contributed by atoms with Crippen molar-refractivity contribution in [3.63, 3.8) is 0 Å². The second-order valence-corrected chi connectivity index (χ2v) is 7.07. The van der Waals surface area contributed by atoms with Crippen molar-refractivity contribution in [2.75, 3.05) is 6.54 Å². The molecule has 1 heterocycles. The zero-order valence-electron chi connectivity index (χ0n) is 11.8. The Bertz CT molecular complexity index is 655. The van der Waals surface area contributed by atoms with E-state index in [0.717, 1.165) is 12.8 Å². The average molecular weight is 298 g/mol. The lowest BCUT2D eigenvalue weighted by Gasteiger charge is -2.22. The third-order valence-corrected chi connectivity index (χ3v) is 5.96. The van der Waals surface area contributed by atoms with E-state index in [1.807, 2.05) is 6.92 Å². The average Bonchev–Trinajstić information content (AvgIpc) is 2.78. The molecule has 1 aliphatic rings. The second kappa shape index (κ2) is 5.14. The molecular weight excluding hydrogens is 280 g/mol. The Hall–Kier alpha value is -1.47. The minimum absolute atomic E-state index is 0.112. The molecule has 0 spiro atoms. The maximum Gasteiger partial charge on any atom is 0.292 e. The van der Waals surface area contributed by atoms with Gasteiger partial charge in [0.1, 0.15) is 0 Å². The normalized spacial score (nSPS) is 20.2. The zero-order chi connectivity index (χ0) is 15.1. The van der Waals surface area contributed by atoms with Gasteiger partial charge in [-0.1, -0.05) is 12.1 Å². The van der Waals surface area contributed by atoms with Gasteiger partial charge in [0.2, 0.25) is 10.0 Å². The first-order chi connectivity index (χ1) is 9.26. The lowest BCUT2D eigenvalue weighted by atomic mass is 10.1. The molecule has 1 aliphatic heterocycles. The fraction of sp³-hybridized carbons (Fsp3) is 0.538. The number of nitro groups is 1. The summed E-state index contributed by atoms with van der Waals surface area (Å²) in [6.45, 7) is 5.42. The first-order valence-corrected chi connectivity index (χ1v) is 7.97. The second-order valence-electron chi connectivity index (χ2n) is 5.24. The molecule has 1 fully saturated rings. The molecule has 20 heavy (non-hydrogen) atoms. The molecule has 0 aliphatic carbocycles. The molecule has 1 atom stereocenters. The van der Waals surface area contributed by atoms with Crippen molar-refractivity contribution in [3.05, 3.63) is 33.4 Å². The number of nitrogens with zero attached hydrogens (tertiary/aromatic N) is 2. The van der Waals surface area contributed by atoms with E-state index < -0.39 is 14.9 Å². The highest BCUT2D eigenvalue weighted by molar-refractivity contribution is 7.89. The molecule has 110 valence electrons. The molecule has 1 saturated heterocycles. The molecule has 1 aromatic carbocycles. The highest BCUT2D eigenvalue weighted by atomic mass is 32.2. The van der Waals surface area contributed by atoms with Gasteiger partial charge < -0.3 is 0 Å². The van der Waals surface area contributed by atoms with Gasteiger partial charge in [0.05, 0.1) is 4.92 Å². The number of aryl methyl sites for hydroxylation is 2. The van der Waals surface area contributed by atoms with Crippen LogP contribution in [0.25, 0.3) is 0 Å². The quantitative estimate of drug-likeness (QED) is 0.634. The van der Waals surface area contributed by atoms with Crippen LogP contribution in [0, 0.1) is 24.0 Å². The van der Waals surface area contributed by atoms with Crippen LogP contribution in [0.3, 0.4) is 0 Å². The van der Waals surface area contributed by atoms with Crippen LogP contribution in [-0.2, 0) is 10.0 Å². The van der Waals surface area contributed by atoms with Crippen molar-refractivity contribution >= 4 is 15.7 Å². The molecule has 0 saturated carbocycles. The van der Waals surface area contributed by atoms with Gasteiger partial charge >= 0.3 is 0 Å². The number of sulfonamides is 1. The van der Waals surface area contributed by atoms with E-state index in [2.05, 4.69) is 0 Å². The van der Waals surface area contributed by atoms with E-state index >= 15 is 0 Å². The van der Waals surface area contributed by atoms with Crippen LogP contribution in [0.5, 0.6) is 0 Å². The molecule has 0 N–H and O–H groups in total. The van der Waals surface area contributed by atoms with E-state index in [4.69, 9.17) is 0 Å². The Morgan fingerprint density at radius 2 is 1.90 bits per heavy atom. The summed E-state index contributed by atoms with van der Waals surface area (Å²) >= 11 is 0. The summed E-state index contributed by atoms with van der Waals surface area (Å²) in [5, 5.41) is 11.3. The van der Waals surface area contributed by atoms with Crippen molar-refractivity contribution in [3.8, 4) is 0 Å². The molecule has 7 heteroatoms. The number of rotatable bonds is 3. The van der Waals surface area contributed by atoms with Gasteiger partial charge in [-0.2, -0.15) is 4.31 Å². The largest absolute Gasteiger partial charge is 0.292 e. The first-order valence-electron chi connectivity index (χ1n) is 6.53. The summed E-state index contributed by atoms with van der Waals surface area (Å²) in [4.78, 5) is 10.5. The monoisotopic (exact) mass is 298 g/mol. The van der Waals surface area contributed by atoms with Crippen molar-refractivity contribution in [1.29, 1.82) is 0 Å². The lowest BCUT2D eigenvalue weighted by Crippen LogP contribution is -2.34. The van der Waals surface area contributed by atoms with Gasteiger partial charge in [-0.15, -0.1) is 0 Å². The van der Waals surface area contributed by atoms with Crippen molar-refractivity contribution < 1.29 is 13.3 Å².